The molecule has 0 amide bonds. The first-order valence-corrected chi connectivity index (χ1v) is 5.37. The van der Waals surface area contributed by atoms with Crippen molar-refractivity contribution >= 4 is 32.7 Å². The van der Waals surface area contributed by atoms with E-state index in [1.165, 1.54) is 15.6 Å². The first-order valence-electron chi connectivity index (χ1n) is 4.49. The van der Waals surface area contributed by atoms with Crippen LogP contribution in [0.4, 0.5) is 5.69 Å². The Morgan fingerprint density at radius 2 is 2.14 bits per heavy atom. The Hall–Kier alpha value is -1.54. The van der Waals surface area contributed by atoms with Crippen molar-refractivity contribution in [2.75, 3.05) is 5.32 Å². The Morgan fingerprint density at radius 1 is 1.21 bits per heavy atom. The van der Waals surface area contributed by atoms with Crippen molar-refractivity contribution in [1.82, 2.24) is 0 Å². The van der Waals surface area contributed by atoms with E-state index in [0.717, 1.165) is 11.3 Å². The highest BCUT2D eigenvalue weighted by molar-refractivity contribution is 7.17. The van der Waals surface area contributed by atoms with Crippen LogP contribution >= 0.6 is 11.3 Å². The molecule has 2 aromatic rings. The lowest BCUT2D eigenvalue weighted by Gasteiger charge is -2.15. The van der Waals surface area contributed by atoms with Gasteiger partial charge in [0.2, 0.25) is 0 Å². The van der Waals surface area contributed by atoms with Crippen LogP contribution < -0.4 is 5.32 Å². The molecule has 0 atom stereocenters. The van der Waals surface area contributed by atoms with E-state index in [1.807, 2.05) is 12.3 Å². The molecule has 1 aliphatic rings. The topological polar surface area (TPSA) is 12.0 Å². The minimum absolute atomic E-state index is 1.09. The van der Waals surface area contributed by atoms with Gasteiger partial charge in [0, 0.05) is 22.2 Å². The van der Waals surface area contributed by atoms with E-state index in [4.69, 9.17) is 0 Å². The summed E-state index contributed by atoms with van der Waals surface area (Å²) in [6, 6.07) is 6.40. The van der Waals surface area contributed by atoms with Crippen LogP contribution in [0.3, 0.4) is 0 Å². The molecule has 1 aromatic carbocycles. The summed E-state index contributed by atoms with van der Waals surface area (Å²) in [4.78, 5) is 0. The Kier molecular flexibility index (Phi) is 1.52. The largest absolute Gasteiger partial charge is 0.361 e. The number of nitrogens with one attached hydrogen (secondary N) is 1. The second-order valence-electron chi connectivity index (χ2n) is 3.33. The average Bonchev–Trinajstić information content (AvgIpc) is 2.65. The Bertz CT molecular complexity index is 548. The summed E-state index contributed by atoms with van der Waals surface area (Å²) in [5, 5.41) is 6.66. The van der Waals surface area contributed by atoms with Gasteiger partial charge in [0.15, 0.2) is 0 Å². The third-order valence-corrected chi connectivity index (χ3v) is 3.41. The quantitative estimate of drug-likeness (QED) is 0.679. The Labute approximate surface area is 86.4 Å². The zero-order valence-electron chi connectivity index (χ0n) is 7.58. The van der Waals surface area contributed by atoms with Gasteiger partial charge >= 0.3 is 0 Å². The second-order valence-corrected chi connectivity index (χ2v) is 4.25. The number of thiophene rings is 1. The van der Waals surface area contributed by atoms with Crippen molar-refractivity contribution in [3.05, 3.63) is 48.0 Å². The maximum absolute atomic E-state index is 4.07. The van der Waals surface area contributed by atoms with E-state index in [0.29, 0.717) is 0 Å². The number of benzene rings is 1. The average molecular weight is 199 g/mol. The van der Waals surface area contributed by atoms with Crippen LogP contribution in [0.2, 0.25) is 0 Å². The maximum atomic E-state index is 4.07. The normalized spacial score (nSPS) is 14.1. The predicted octanol–water partition coefficient (Wildman–Crippen LogP) is 3.85. The smallest absolute Gasteiger partial charge is 0.0474 e. The molecule has 1 aromatic heterocycles. The number of hydrogen-bond acceptors (Lipinski definition) is 2. The maximum Gasteiger partial charge on any atom is 0.0474 e. The first-order chi connectivity index (χ1) is 6.86. The molecule has 0 bridgehead atoms. The molecule has 2 heterocycles. The minimum Gasteiger partial charge on any atom is -0.361 e. The van der Waals surface area contributed by atoms with Crippen molar-refractivity contribution in [2.24, 2.45) is 0 Å². The molecule has 0 saturated carbocycles. The van der Waals surface area contributed by atoms with E-state index in [9.17, 15) is 0 Å². The molecule has 1 aliphatic heterocycles. The molecule has 3 rings (SSSR count). The Balaban J connectivity index is 2.44. The van der Waals surface area contributed by atoms with Gasteiger partial charge in [-0.05, 0) is 34.5 Å². The summed E-state index contributed by atoms with van der Waals surface area (Å²) in [5.41, 5.74) is 3.50. The van der Waals surface area contributed by atoms with Gasteiger partial charge in [-0.2, -0.15) is 0 Å². The summed E-state index contributed by atoms with van der Waals surface area (Å²) >= 11 is 1.77. The number of rotatable bonds is 0. The SMILES string of the molecule is C=C1C=CNc2ccc3ccsc3c21. The molecule has 0 unspecified atom stereocenters. The molecule has 1 nitrogen and oxygen atoms in total. The molecule has 68 valence electrons. The molecule has 2 heteroatoms. The van der Waals surface area contributed by atoms with Gasteiger partial charge in [-0.1, -0.05) is 12.6 Å². The van der Waals surface area contributed by atoms with Crippen molar-refractivity contribution in [2.45, 2.75) is 0 Å². The van der Waals surface area contributed by atoms with Gasteiger partial charge in [-0.3, -0.25) is 0 Å². The van der Waals surface area contributed by atoms with Crippen molar-refractivity contribution in [1.29, 1.82) is 0 Å². The van der Waals surface area contributed by atoms with Gasteiger partial charge in [-0.15, -0.1) is 11.3 Å². The molecule has 0 saturated heterocycles. The van der Waals surface area contributed by atoms with Crippen LogP contribution in [0.1, 0.15) is 5.56 Å². The fourth-order valence-electron chi connectivity index (χ4n) is 1.79. The van der Waals surface area contributed by atoms with Crippen molar-refractivity contribution < 1.29 is 0 Å². The summed E-state index contributed by atoms with van der Waals surface area (Å²) < 4.78 is 1.32. The highest BCUT2D eigenvalue weighted by Gasteiger charge is 2.12. The van der Waals surface area contributed by atoms with E-state index < -0.39 is 0 Å². The predicted molar refractivity (Wildman–Crippen MR) is 63.6 cm³/mol. The number of fused-ring (bicyclic) bond motifs is 3. The first kappa shape index (κ1) is 7.83. The number of allylic oxidation sites excluding steroid dienone is 2. The van der Waals surface area contributed by atoms with Crippen LogP contribution in [0, 0.1) is 0 Å². The second kappa shape index (κ2) is 2.72. The van der Waals surface area contributed by atoms with Crippen LogP contribution in [0.15, 0.2) is 42.4 Å². The van der Waals surface area contributed by atoms with Crippen LogP contribution in [-0.4, -0.2) is 0 Å². The van der Waals surface area contributed by atoms with Gasteiger partial charge in [0.05, 0.1) is 0 Å². The molecule has 0 aliphatic carbocycles. The van der Waals surface area contributed by atoms with Crippen LogP contribution in [0.25, 0.3) is 15.7 Å². The lowest BCUT2D eigenvalue weighted by atomic mass is 10.0. The zero-order chi connectivity index (χ0) is 9.54. The highest BCUT2D eigenvalue weighted by atomic mass is 32.1. The zero-order valence-corrected chi connectivity index (χ0v) is 8.40. The van der Waals surface area contributed by atoms with Gasteiger partial charge < -0.3 is 5.32 Å². The monoisotopic (exact) mass is 199 g/mol. The number of hydrogen-bond donors (Lipinski definition) is 1. The van der Waals surface area contributed by atoms with Gasteiger partial charge in [-0.25, -0.2) is 0 Å². The lowest BCUT2D eigenvalue weighted by Crippen LogP contribution is -1.98. The highest BCUT2D eigenvalue weighted by Crippen LogP contribution is 2.37. The molecule has 0 spiro atoms. The molecule has 14 heavy (non-hydrogen) atoms. The van der Waals surface area contributed by atoms with E-state index >= 15 is 0 Å². The summed E-state index contributed by atoms with van der Waals surface area (Å²) in [5.74, 6) is 0. The van der Waals surface area contributed by atoms with Crippen LogP contribution in [0.5, 0.6) is 0 Å². The Morgan fingerprint density at radius 3 is 3.07 bits per heavy atom. The van der Waals surface area contributed by atoms with E-state index in [-0.39, 0.29) is 0 Å². The summed E-state index contributed by atoms with van der Waals surface area (Å²) in [6.45, 7) is 4.07. The third-order valence-electron chi connectivity index (χ3n) is 2.47. The fraction of sp³-hybridized carbons (Fsp3) is 0. The van der Waals surface area contributed by atoms with Gasteiger partial charge in [0.25, 0.3) is 0 Å². The van der Waals surface area contributed by atoms with E-state index in [2.05, 4.69) is 35.5 Å². The standard InChI is InChI=1S/C12H9NS/c1-8-4-6-13-10-3-2-9-5-7-14-12(9)11(8)10/h2-7,13H,1H2. The third kappa shape index (κ3) is 0.946. The molecular weight excluding hydrogens is 190 g/mol. The fourth-order valence-corrected chi connectivity index (χ4v) is 2.77. The van der Waals surface area contributed by atoms with Gasteiger partial charge in [0.1, 0.15) is 0 Å². The lowest BCUT2D eigenvalue weighted by molar-refractivity contribution is 1.55. The molecular formula is C12H9NS. The van der Waals surface area contributed by atoms with Crippen molar-refractivity contribution in [3.63, 3.8) is 0 Å². The molecule has 1 N–H and O–H groups in total. The van der Waals surface area contributed by atoms with Crippen molar-refractivity contribution in [3.8, 4) is 0 Å². The minimum atomic E-state index is 1.09. The number of anilines is 1. The molecule has 0 radical (unpaired) electrons. The summed E-state index contributed by atoms with van der Waals surface area (Å²) in [6.07, 6.45) is 3.95. The molecule has 0 fully saturated rings. The van der Waals surface area contributed by atoms with Crippen LogP contribution in [-0.2, 0) is 0 Å². The van der Waals surface area contributed by atoms with E-state index in [1.54, 1.807) is 11.3 Å². The summed E-state index contributed by atoms with van der Waals surface area (Å²) in [7, 11) is 0.